The first-order valence-corrected chi connectivity index (χ1v) is 12.1. The van der Waals surface area contributed by atoms with E-state index in [1.54, 1.807) is 60.7 Å². The van der Waals surface area contributed by atoms with Crippen molar-refractivity contribution in [2.45, 2.75) is 19.8 Å². The van der Waals surface area contributed by atoms with Gasteiger partial charge in [0.1, 0.15) is 17.2 Å². The molecule has 0 N–H and O–H groups in total. The first kappa shape index (κ1) is 21.7. The van der Waals surface area contributed by atoms with Crippen LogP contribution in [0.25, 0.3) is 11.1 Å². The van der Waals surface area contributed by atoms with Gasteiger partial charge in [-0.3, -0.25) is 0 Å². The summed E-state index contributed by atoms with van der Waals surface area (Å²) < 4.78 is 30.6. The Labute approximate surface area is 189 Å². The lowest BCUT2D eigenvalue weighted by molar-refractivity contribution is 0.298. The van der Waals surface area contributed by atoms with Crippen molar-refractivity contribution in [2.24, 2.45) is 0 Å². The van der Waals surface area contributed by atoms with Crippen molar-refractivity contribution < 1.29 is 18.1 Å². The van der Waals surface area contributed by atoms with E-state index in [0.29, 0.717) is 17.2 Å². The van der Waals surface area contributed by atoms with Crippen LogP contribution in [0.1, 0.15) is 18.9 Å². The predicted octanol–water partition coefficient (Wildman–Crippen LogP) is 7.95. The third-order valence-corrected chi connectivity index (χ3v) is 6.12. The van der Waals surface area contributed by atoms with Crippen LogP contribution in [0.2, 0.25) is 0 Å². The Hall–Kier alpha value is -3.49. The molecule has 0 radical (unpaired) electrons. The SMILES string of the molecule is CCCc1ccc(-c2ccc(OP(=O)(Oc3ccccc3)Oc3ccccc3)cc2)cc1. The van der Waals surface area contributed by atoms with Crippen LogP contribution in [0.5, 0.6) is 17.2 Å². The molecule has 0 bridgehead atoms. The fourth-order valence-electron chi connectivity index (χ4n) is 3.27. The number of phosphoric ester groups is 1. The lowest BCUT2D eigenvalue weighted by atomic mass is 10.0. The maximum Gasteiger partial charge on any atom is 0.647 e. The molecule has 0 aliphatic carbocycles. The van der Waals surface area contributed by atoms with Gasteiger partial charge in [-0.05, 0) is 59.5 Å². The zero-order chi connectivity index (χ0) is 22.2. The summed E-state index contributed by atoms with van der Waals surface area (Å²) in [5, 5.41) is 0. The van der Waals surface area contributed by atoms with Crippen LogP contribution in [0.3, 0.4) is 0 Å². The van der Waals surface area contributed by atoms with E-state index >= 15 is 0 Å². The van der Waals surface area contributed by atoms with E-state index in [2.05, 4.69) is 31.2 Å². The highest BCUT2D eigenvalue weighted by atomic mass is 31.2. The largest absolute Gasteiger partial charge is 0.647 e. The van der Waals surface area contributed by atoms with Crippen LogP contribution >= 0.6 is 7.82 Å². The summed E-state index contributed by atoms with van der Waals surface area (Å²) in [7, 11) is -3.99. The summed E-state index contributed by atoms with van der Waals surface area (Å²) in [5.74, 6) is 1.19. The van der Waals surface area contributed by atoms with Gasteiger partial charge in [0.15, 0.2) is 0 Å². The Kier molecular flexibility index (Phi) is 6.94. The molecule has 0 aliphatic heterocycles. The van der Waals surface area contributed by atoms with Gasteiger partial charge in [-0.25, -0.2) is 0 Å². The van der Waals surface area contributed by atoms with E-state index in [1.807, 2.05) is 24.3 Å². The number of para-hydroxylation sites is 2. The quantitative estimate of drug-likeness (QED) is 0.246. The van der Waals surface area contributed by atoms with Crippen LogP contribution in [0.15, 0.2) is 109 Å². The van der Waals surface area contributed by atoms with Gasteiger partial charge in [-0.15, -0.1) is 0 Å². The van der Waals surface area contributed by atoms with Crippen LogP contribution in [-0.2, 0) is 11.0 Å². The van der Waals surface area contributed by atoms with Gasteiger partial charge < -0.3 is 13.6 Å². The summed E-state index contributed by atoms with van der Waals surface area (Å²) in [6.07, 6.45) is 2.20. The Morgan fingerprint density at radius 2 is 0.969 bits per heavy atom. The second kappa shape index (κ2) is 10.2. The van der Waals surface area contributed by atoms with Crippen molar-refractivity contribution in [1.82, 2.24) is 0 Å². The summed E-state index contributed by atoms with van der Waals surface area (Å²) >= 11 is 0. The minimum atomic E-state index is -3.99. The second-order valence-corrected chi connectivity index (χ2v) is 8.76. The molecule has 4 aromatic carbocycles. The minimum Gasteiger partial charge on any atom is -0.386 e. The van der Waals surface area contributed by atoms with Crippen molar-refractivity contribution in [3.63, 3.8) is 0 Å². The Morgan fingerprint density at radius 1 is 0.562 bits per heavy atom. The lowest BCUT2D eigenvalue weighted by Crippen LogP contribution is -2.07. The second-order valence-electron chi connectivity index (χ2n) is 7.32. The van der Waals surface area contributed by atoms with Crippen LogP contribution in [0.4, 0.5) is 0 Å². The topological polar surface area (TPSA) is 44.8 Å². The number of hydrogen-bond donors (Lipinski definition) is 0. The zero-order valence-electron chi connectivity index (χ0n) is 17.9. The van der Waals surface area contributed by atoms with E-state index in [0.717, 1.165) is 24.0 Å². The first-order chi connectivity index (χ1) is 15.6. The van der Waals surface area contributed by atoms with Crippen molar-refractivity contribution in [1.29, 1.82) is 0 Å². The van der Waals surface area contributed by atoms with Crippen LogP contribution in [-0.4, -0.2) is 0 Å². The van der Waals surface area contributed by atoms with Crippen molar-refractivity contribution in [2.75, 3.05) is 0 Å². The molecule has 0 atom stereocenters. The molecule has 0 spiro atoms. The minimum absolute atomic E-state index is 0.395. The molecule has 0 unspecified atom stereocenters. The first-order valence-electron chi connectivity index (χ1n) is 10.6. The molecular formula is C27H25O4P. The van der Waals surface area contributed by atoms with Crippen LogP contribution < -0.4 is 13.6 Å². The van der Waals surface area contributed by atoms with E-state index in [9.17, 15) is 4.57 Å². The van der Waals surface area contributed by atoms with Gasteiger partial charge in [0.25, 0.3) is 0 Å². The molecule has 0 aromatic heterocycles. The number of aryl methyl sites for hydroxylation is 1. The van der Waals surface area contributed by atoms with E-state index in [1.165, 1.54) is 5.56 Å². The maximum absolute atomic E-state index is 13.5. The molecular weight excluding hydrogens is 419 g/mol. The Morgan fingerprint density at radius 3 is 1.41 bits per heavy atom. The van der Waals surface area contributed by atoms with Gasteiger partial charge in [0.2, 0.25) is 0 Å². The monoisotopic (exact) mass is 444 g/mol. The predicted molar refractivity (Wildman–Crippen MR) is 128 cm³/mol. The van der Waals surface area contributed by atoms with Gasteiger partial charge in [0.05, 0.1) is 0 Å². The molecule has 4 aromatic rings. The summed E-state index contributed by atoms with van der Waals surface area (Å²) in [6.45, 7) is 2.17. The van der Waals surface area contributed by atoms with E-state index < -0.39 is 7.82 Å². The molecule has 0 saturated heterocycles. The van der Waals surface area contributed by atoms with E-state index in [-0.39, 0.29) is 0 Å². The van der Waals surface area contributed by atoms with Crippen molar-refractivity contribution in [3.05, 3.63) is 115 Å². The lowest BCUT2D eigenvalue weighted by Gasteiger charge is -2.19. The smallest absolute Gasteiger partial charge is 0.386 e. The third kappa shape index (κ3) is 5.81. The highest BCUT2D eigenvalue weighted by Gasteiger charge is 2.33. The third-order valence-electron chi connectivity index (χ3n) is 4.82. The van der Waals surface area contributed by atoms with Crippen molar-refractivity contribution >= 4 is 7.82 Å². The summed E-state index contributed by atoms with van der Waals surface area (Å²) in [4.78, 5) is 0. The normalized spacial score (nSPS) is 11.0. The Bertz CT molecular complexity index is 1110. The van der Waals surface area contributed by atoms with Gasteiger partial charge in [-0.2, -0.15) is 4.57 Å². The fraction of sp³-hybridized carbons (Fsp3) is 0.111. The van der Waals surface area contributed by atoms with Gasteiger partial charge in [0, 0.05) is 0 Å². The molecule has 5 heteroatoms. The summed E-state index contributed by atoms with van der Waals surface area (Å²) in [5.41, 5.74) is 3.48. The van der Waals surface area contributed by atoms with Crippen LogP contribution in [0, 0.1) is 0 Å². The van der Waals surface area contributed by atoms with Gasteiger partial charge in [-0.1, -0.05) is 86.1 Å². The number of rotatable bonds is 9. The maximum atomic E-state index is 13.5. The molecule has 0 aliphatic rings. The molecule has 0 fully saturated rings. The zero-order valence-corrected chi connectivity index (χ0v) is 18.8. The average Bonchev–Trinajstić information content (AvgIpc) is 2.81. The highest BCUT2D eigenvalue weighted by molar-refractivity contribution is 7.49. The number of hydrogen-bond acceptors (Lipinski definition) is 4. The molecule has 0 saturated carbocycles. The fourth-order valence-corrected chi connectivity index (χ4v) is 4.52. The highest BCUT2D eigenvalue weighted by Crippen LogP contribution is 2.49. The Balaban J connectivity index is 1.54. The molecule has 32 heavy (non-hydrogen) atoms. The molecule has 162 valence electrons. The summed E-state index contributed by atoms with van der Waals surface area (Å²) in [6, 6.07) is 33.6. The molecule has 4 nitrogen and oxygen atoms in total. The van der Waals surface area contributed by atoms with E-state index in [4.69, 9.17) is 13.6 Å². The average molecular weight is 444 g/mol. The van der Waals surface area contributed by atoms with Crippen molar-refractivity contribution in [3.8, 4) is 28.4 Å². The van der Waals surface area contributed by atoms with Gasteiger partial charge >= 0.3 is 7.82 Å². The number of phosphoric acid groups is 1. The molecule has 0 heterocycles. The number of benzene rings is 4. The molecule has 4 rings (SSSR count). The standard InChI is InChI=1S/C27H25O4P/c1-2-9-22-14-16-23(17-15-22)24-18-20-27(21-19-24)31-32(28,29-25-10-5-3-6-11-25)30-26-12-7-4-8-13-26/h3-8,10-21H,2,9H2,1H3. The molecule has 0 amide bonds.